The Bertz CT molecular complexity index is 520. The first-order valence-electron chi connectivity index (χ1n) is 5.32. The number of benzene rings is 1. The number of rotatable bonds is 1. The highest BCUT2D eigenvalue weighted by atomic mass is 16.6. The molecular formula is C11H10N2O4. The largest absolute Gasteiger partial charge is 0.380 e. The highest BCUT2D eigenvalue weighted by molar-refractivity contribution is 6.06. The van der Waals surface area contributed by atoms with Crippen LogP contribution in [0.3, 0.4) is 0 Å². The fourth-order valence-electron chi connectivity index (χ4n) is 2.47. The number of fused-ring (bicyclic) bond motifs is 2. The molecule has 2 aliphatic heterocycles. The summed E-state index contributed by atoms with van der Waals surface area (Å²) in [4.78, 5) is 22.3. The highest BCUT2D eigenvalue weighted by Gasteiger charge is 2.50. The maximum absolute atomic E-state index is 12.0. The van der Waals surface area contributed by atoms with Crippen LogP contribution < -0.4 is 5.32 Å². The fourth-order valence-corrected chi connectivity index (χ4v) is 2.47. The van der Waals surface area contributed by atoms with Crippen molar-refractivity contribution < 1.29 is 14.5 Å². The summed E-state index contributed by atoms with van der Waals surface area (Å²) in [5.74, 6) is -0.120. The van der Waals surface area contributed by atoms with Gasteiger partial charge in [0.2, 0.25) is 5.91 Å². The van der Waals surface area contributed by atoms with Crippen LogP contribution in [0.4, 0.5) is 11.4 Å². The van der Waals surface area contributed by atoms with Crippen LogP contribution in [0.25, 0.3) is 0 Å². The van der Waals surface area contributed by atoms with Crippen molar-refractivity contribution in [2.45, 2.75) is 11.8 Å². The van der Waals surface area contributed by atoms with Gasteiger partial charge in [0.15, 0.2) is 0 Å². The Balaban J connectivity index is 2.16. The van der Waals surface area contributed by atoms with Crippen LogP contribution in [0.2, 0.25) is 0 Å². The van der Waals surface area contributed by atoms with Crippen LogP contribution in [-0.2, 0) is 14.9 Å². The second kappa shape index (κ2) is 3.27. The van der Waals surface area contributed by atoms with Crippen LogP contribution in [0.5, 0.6) is 0 Å². The van der Waals surface area contributed by atoms with E-state index in [0.29, 0.717) is 30.9 Å². The van der Waals surface area contributed by atoms with E-state index in [1.807, 2.05) is 0 Å². The Morgan fingerprint density at radius 2 is 2.29 bits per heavy atom. The van der Waals surface area contributed by atoms with Crippen molar-refractivity contribution in [2.24, 2.45) is 0 Å². The number of nitrogens with zero attached hydrogens (tertiary/aromatic N) is 1. The summed E-state index contributed by atoms with van der Waals surface area (Å²) < 4.78 is 5.28. The molecule has 0 radical (unpaired) electrons. The summed E-state index contributed by atoms with van der Waals surface area (Å²) in [5, 5.41) is 13.5. The maximum atomic E-state index is 12.0. The summed E-state index contributed by atoms with van der Waals surface area (Å²) >= 11 is 0. The lowest BCUT2D eigenvalue weighted by atomic mass is 9.81. The SMILES string of the molecule is O=C1Nc2ccc([N+](=O)[O-])cc2C12CCOC2. The molecule has 0 aromatic heterocycles. The van der Waals surface area contributed by atoms with E-state index < -0.39 is 10.3 Å². The minimum atomic E-state index is -0.721. The van der Waals surface area contributed by atoms with E-state index in [1.54, 1.807) is 6.07 Å². The topological polar surface area (TPSA) is 81.5 Å². The van der Waals surface area contributed by atoms with Crippen LogP contribution in [-0.4, -0.2) is 24.0 Å². The van der Waals surface area contributed by atoms with E-state index in [0.717, 1.165) is 0 Å². The number of hydrogen-bond donors (Lipinski definition) is 1. The Hall–Kier alpha value is -1.95. The average molecular weight is 234 g/mol. The standard InChI is InChI=1S/C11H10N2O4/c14-10-11(3-4-17-6-11)8-5-7(13(15)16)1-2-9(8)12-10/h1-2,5H,3-4,6H2,(H,12,14). The zero-order chi connectivity index (χ0) is 12.0. The lowest BCUT2D eigenvalue weighted by Crippen LogP contribution is -2.34. The van der Waals surface area contributed by atoms with Gasteiger partial charge in [0, 0.05) is 30.0 Å². The van der Waals surface area contributed by atoms with Gasteiger partial charge in [0.1, 0.15) is 5.41 Å². The maximum Gasteiger partial charge on any atom is 0.269 e. The average Bonchev–Trinajstić information content (AvgIpc) is 2.88. The number of nitrogens with one attached hydrogen (secondary N) is 1. The summed E-state index contributed by atoms with van der Waals surface area (Å²) in [6, 6.07) is 4.45. The molecule has 2 heterocycles. The van der Waals surface area contributed by atoms with Gasteiger partial charge in [-0.2, -0.15) is 0 Å². The third kappa shape index (κ3) is 1.27. The molecular weight excluding hydrogens is 224 g/mol. The van der Waals surface area contributed by atoms with Gasteiger partial charge in [-0.05, 0) is 12.5 Å². The van der Waals surface area contributed by atoms with Crippen molar-refractivity contribution in [1.29, 1.82) is 0 Å². The van der Waals surface area contributed by atoms with Gasteiger partial charge in [0.05, 0.1) is 11.5 Å². The van der Waals surface area contributed by atoms with Crippen molar-refractivity contribution in [1.82, 2.24) is 0 Å². The van der Waals surface area contributed by atoms with E-state index in [1.165, 1.54) is 12.1 Å². The normalized spacial score (nSPS) is 26.0. The summed E-state index contributed by atoms with van der Waals surface area (Å²) in [5.41, 5.74) is 0.633. The van der Waals surface area contributed by atoms with Gasteiger partial charge in [-0.3, -0.25) is 14.9 Å². The Morgan fingerprint density at radius 1 is 1.47 bits per heavy atom. The van der Waals surface area contributed by atoms with Gasteiger partial charge < -0.3 is 10.1 Å². The molecule has 1 spiro atoms. The van der Waals surface area contributed by atoms with E-state index in [-0.39, 0.29) is 11.6 Å². The van der Waals surface area contributed by atoms with Crippen molar-refractivity contribution >= 4 is 17.3 Å². The third-order valence-electron chi connectivity index (χ3n) is 3.43. The van der Waals surface area contributed by atoms with Crippen molar-refractivity contribution in [3.63, 3.8) is 0 Å². The second-order valence-corrected chi connectivity index (χ2v) is 4.33. The third-order valence-corrected chi connectivity index (χ3v) is 3.43. The Labute approximate surface area is 96.7 Å². The second-order valence-electron chi connectivity index (χ2n) is 4.33. The molecule has 1 N–H and O–H groups in total. The minimum Gasteiger partial charge on any atom is -0.380 e. The monoisotopic (exact) mass is 234 g/mol. The summed E-state index contributed by atoms with van der Waals surface area (Å²) in [6.45, 7) is 0.808. The molecule has 6 nitrogen and oxygen atoms in total. The molecule has 17 heavy (non-hydrogen) atoms. The molecule has 2 aliphatic rings. The predicted octanol–water partition coefficient (Wildman–Crippen LogP) is 1.20. The zero-order valence-electron chi connectivity index (χ0n) is 8.93. The van der Waals surface area contributed by atoms with Crippen molar-refractivity contribution in [3.8, 4) is 0 Å². The molecule has 1 saturated heterocycles. The first kappa shape index (κ1) is 10.2. The van der Waals surface area contributed by atoms with E-state index in [9.17, 15) is 14.9 Å². The van der Waals surface area contributed by atoms with E-state index in [2.05, 4.69) is 5.32 Å². The Morgan fingerprint density at radius 3 is 2.94 bits per heavy atom. The molecule has 3 rings (SSSR count). The van der Waals surface area contributed by atoms with Crippen LogP contribution in [0, 0.1) is 10.1 Å². The van der Waals surface area contributed by atoms with Crippen LogP contribution in [0.1, 0.15) is 12.0 Å². The zero-order valence-corrected chi connectivity index (χ0v) is 8.93. The van der Waals surface area contributed by atoms with Crippen LogP contribution in [0.15, 0.2) is 18.2 Å². The lowest BCUT2D eigenvalue weighted by molar-refractivity contribution is -0.384. The lowest BCUT2D eigenvalue weighted by Gasteiger charge is -2.18. The molecule has 1 aromatic rings. The molecule has 1 aromatic carbocycles. The number of ether oxygens (including phenoxy) is 1. The molecule has 1 atom stereocenters. The number of amides is 1. The number of carbonyl (C=O) groups is 1. The minimum absolute atomic E-state index is 0.00604. The number of carbonyl (C=O) groups excluding carboxylic acids is 1. The number of non-ortho nitro benzene ring substituents is 1. The number of hydrogen-bond acceptors (Lipinski definition) is 4. The van der Waals surface area contributed by atoms with Crippen molar-refractivity contribution in [2.75, 3.05) is 18.5 Å². The van der Waals surface area contributed by atoms with Gasteiger partial charge in [-0.1, -0.05) is 0 Å². The predicted molar refractivity (Wildman–Crippen MR) is 58.8 cm³/mol. The van der Waals surface area contributed by atoms with Gasteiger partial charge in [0.25, 0.3) is 5.69 Å². The summed E-state index contributed by atoms with van der Waals surface area (Å²) in [7, 11) is 0. The molecule has 88 valence electrons. The number of anilines is 1. The van der Waals surface area contributed by atoms with Gasteiger partial charge >= 0.3 is 0 Å². The molecule has 0 bridgehead atoms. The van der Waals surface area contributed by atoms with Gasteiger partial charge in [-0.15, -0.1) is 0 Å². The molecule has 6 heteroatoms. The highest BCUT2D eigenvalue weighted by Crippen LogP contribution is 2.44. The molecule has 0 saturated carbocycles. The van der Waals surface area contributed by atoms with Gasteiger partial charge in [-0.25, -0.2) is 0 Å². The van der Waals surface area contributed by atoms with Crippen LogP contribution >= 0.6 is 0 Å². The quantitative estimate of drug-likeness (QED) is 0.584. The number of nitro groups is 1. The van der Waals surface area contributed by atoms with E-state index in [4.69, 9.17) is 4.74 Å². The van der Waals surface area contributed by atoms with Crippen molar-refractivity contribution in [3.05, 3.63) is 33.9 Å². The molecule has 1 unspecified atom stereocenters. The Kier molecular flexibility index (Phi) is 1.97. The number of nitro benzene ring substituents is 1. The summed E-state index contributed by atoms with van der Waals surface area (Å²) in [6.07, 6.45) is 0.576. The molecule has 1 amide bonds. The molecule has 1 fully saturated rings. The first-order chi connectivity index (χ1) is 8.13. The molecule has 0 aliphatic carbocycles. The first-order valence-corrected chi connectivity index (χ1v) is 5.32. The fraction of sp³-hybridized carbons (Fsp3) is 0.364. The smallest absolute Gasteiger partial charge is 0.269 e. The van der Waals surface area contributed by atoms with E-state index >= 15 is 0 Å².